The standard InChI is InChI=1S/C15H21BrFNO2/c1-3-20-15(6-8-19-9-7-15)14(18-2)12-10-11(16)4-5-13(12)17/h4-5,10,14,18H,3,6-9H2,1-2H3. The van der Waals surface area contributed by atoms with Crippen molar-refractivity contribution >= 4 is 15.9 Å². The van der Waals surface area contributed by atoms with Gasteiger partial charge in [-0.05, 0) is 32.2 Å². The topological polar surface area (TPSA) is 30.5 Å². The van der Waals surface area contributed by atoms with Crippen molar-refractivity contribution < 1.29 is 13.9 Å². The molecule has 0 aliphatic carbocycles. The van der Waals surface area contributed by atoms with Crippen LogP contribution in [0.4, 0.5) is 4.39 Å². The van der Waals surface area contributed by atoms with Crippen molar-refractivity contribution in [2.24, 2.45) is 0 Å². The maximum Gasteiger partial charge on any atom is 0.128 e. The molecule has 1 fully saturated rings. The van der Waals surface area contributed by atoms with Gasteiger partial charge >= 0.3 is 0 Å². The van der Waals surface area contributed by atoms with Crippen molar-refractivity contribution in [2.45, 2.75) is 31.4 Å². The molecule has 1 saturated heterocycles. The summed E-state index contributed by atoms with van der Waals surface area (Å²) in [4.78, 5) is 0. The van der Waals surface area contributed by atoms with E-state index < -0.39 is 5.60 Å². The molecule has 0 bridgehead atoms. The summed E-state index contributed by atoms with van der Waals surface area (Å²) in [5.41, 5.74) is 0.223. The van der Waals surface area contributed by atoms with Gasteiger partial charge in [-0.15, -0.1) is 0 Å². The van der Waals surface area contributed by atoms with E-state index in [-0.39, 0.29) is 11.9 Å². The minimum atomic E-state index is -0.413. The molecule has 3 nitrogen and oxygen atoms in total. The predicted molar refractivity (Wildman–Crippen MR) is 80.3 cm³/mol. The van der Waals surface area contributed by atoms with E-state index in [1.54, 1.807) is 6.07 Å². The van der Waals surface area contributed by atoms with Crippen molar-refractivity contribution in [3.8, 4) is 0 Å². The molecule has 20 heavy (non-hydrogen) atoms. The zero-order valence-corrected chi connectivity index (χ0v) is 13.5. The summed E-state index contributed by atoms with van der Waals surface area (Å²) < 4.78 is 26.6. The summed E-state index contributed by atoms with van der Waals surface area (Å²) in [6, 6.07) is 4.84. The first-order valence-electron chi connectivity index (χ1n) is 6.97. The van der Waals surface area contributed by atoms with Gasteiger partial charge in [-0.2, -0.15) is 0 Å². The van der Waals surface area contributed by atoms with Crippen LogP contribution in [0.1, 0.15) is 31.4 Å². The van der Waals surface area contributed by atoms with Crippen LogP contribution < -0.4 is 5.32 Å². The summed E-state index contributed by atoms with van der Waals surface area (Å²) in [6.07, 6.45) is 1.52. The fourth-order valence-corrected chi connectivity index (χ4v) is 3.34. The highest BCUT2D eigenvalue weighted by atomic mass is 79.9. The molecule has 1 aromatic rings. The maximum atomic E-state index is 14.2. The van der Waals surface area contributed by atoms with Gasteiger partial charge in [0.05, 0.1) is 11.6 Å². The fraction of sp³-hybridized carbons (Fsp3) is 0.600. The molecule has 0 saturated carbocycles. The van der Waals surface area contributed by atoms with Crippen molar-refractivity contribution in [2.75, 3.05) is 26.9 Å². The summed E-state index contributed by atoms with van der Waals surface area (Å²) in [7, 11) is 1.85. The Morgan fingerprint density at radius 2 is 2.15 bits per heavy atom. The first kappa shape index (κ1) is 15.9. The van der Waals surface area contributed by atoms with Crippen LogP contribution >= 0.6 is 15.9 Å². The van der Waals surface area contributed by atoms with Crippen molar-refractivity contribution in [3.63, 3.8) is 0 Å². The monoisotopic (exact) mass is 345 g/mol. The van der Waals surface area contributed by atoms with Gasteiger partial charge in [0.25, 0.3) is 0 Å². The molecule has 1 heterocycles. The number of hydrogen-bond donors (Lipinski definition) is 1. The molecule has 112 valence electrons. The Kier molecular flexibility index (Phi) is 5.55. The predicted octanol–water partition coefficient (Wildman–Crippen LogP) is 3.43. The van der Waals surface area contributed by atoms with Crippen LogP contribution in [-0.4, -0.2) is 32.5 Å². The molecule has 1 aliphatic rings. The van der Waals surface area contributed by atoms with Crippen molar-refractivity contribution in [1.82, 2.24) is 5.32 Å². The van der Waals surface area contributed by atoms with Crippen molar-refractivity contribution in [3.05, 3.63) is 34.1 Å². The fourth-order valence-electron chi connectivity index (χ4n) is 2.96. The van der Waals surface area contributed by atoms with Gasteiger partial charge < -0.3 is 14.8 Å². The molecule has 1 unspecified atom stereocenters. The van der Waals surface area contributed by atoms with Crippen LogP contribution in [0.5, 0.6) is 0 Å². The summed E-state index contributed by atoms with van der Waals surface area (Å²) in [5.74, 6) is -0.210. The second kappa shape index (κ2) is 6.98. The van der Waals surface area contributed by atoms with Gasteiger partial charge in [0, 0.05) is 42.7 Å². The number of halogens is 2. The van der Waals surface area contributed by atoms with E-state index in [0.29, 0.717) is 25.4 Å². The summed E-state index contributed by atoms with van der Waals surface area (Å²) in [6.45, 7) is 3.87. The van der Waals surface area contributed by atoms with Gasteiger partial charge in [0.15, 0.2) is 0 Å². The lowest BCUT2D eigenvalue weighted by atomic mass is 9.82. The third kappa shape index (κ3) is 3.22. The van der Waals surface area contributed by atoms with Crippen LogP contribution in [0.2, 0.25) is 0 Å². The van der Waals surface area contributed by atoms with Gasteiger partial charge in [0.1, 0.15) is 5.82 Å². The Hall–Kier alpha value is -0.490. The molecular weight excluding hydrogens is 325 g/mol. The Bertz CT molecular complexity index is 444. The smallest absolute Gasteiger partial charge is 0.128 e. The minimum absolute atomic E-state index is 0.191. The SMILES string of the molecule is CCOC1(C(NC)c2cc(Br)ccc2F)CCOCC1. The van der Waals surface area contributed by atoms with Gasteiger partial charge in [-0.25, -0.2) is 4.39 Å². The molecule has 5 heteroatoms. The van der Waals surface area contributed by atoms with E-state index in [9.17, 15) is 4.39 Å². The summed E-state index contributed by atoms with van der Waals surface area (Å²) in [5, 5.41) is 3.24. The third-order valence-electron chi connectivity index (χ3n) is 3.85. The number of hydrogen-bond acceptors (Lipinski definition) is 3. The molecule has 0 spiro atoms. The number of ether oxygens (including phenoxy) is 2. The van der Waals surface area contributed by atoms with Gasteiger partial charge in [-0.3, -0.25) is 0 Å². The third-order valence-corrected chi connectivity index (χ3v) is 4.35. The van der Waals surface area contributed by atoms with Crippen LogP contribution in [0, 0.1) is 5.82 Å². The van der Waals surface area contributed by atoms with Crippen LogP contribution in [-0.2, 0) is 9.47 Å². The van der Waals surface area contributed by atoms with Gasteiger partial charge in [0.2, 0.25) is 0 Å². The normalized spacial score (nSPS) is 19.8. The van der Waals surface area contributed by atoms with Crippen LogP contribution in [0.15, 0.2) is 22.7 Å². The highest BCUT2D eigenvalue weighted by Gasteiger charge is 2.42. The lowest BCUT2D eigenvalue weighted by molar-refractivity contribution is -0.127. The van der Waals surface area contributed by atoms with E-state index >= 15 is 0 Å². The molecule has 1 aromatic carbocycles. The Morgan fingerprint density at radius 3 is 2.75 bits per heavy atom. The Labute approximate surface area is 128 Å². The van der Waals surface area contributed by atoms with Crippen LogP contribution in [0.25, 0.3) is 0 Å². The minimum Gasteiger partial charge on any atom is -0.381 e. The lowest BCUT2D eigenvalue weighted by Crippen LogP contribution is -2.49. The van der Waals surface area contributed by atoms with E-state index in [2.05, 4.69) is 21.2 Å². The summed E-state index contributed by atoms with van der Waals surface area (Å²) >= 11 is 3.41. The Balaban J connectivity index is 2.39. The molecule has 1 atom stereocenters. The van der Waals surface area contributed by atoms with E-state index in [0.717, 1.165) is 17.3 Å². The van der Waals surface area contributed by atoms with Gasteiger partial charge in [-0.1, -0.05) is 15.9 Å². The highest BCUT2D eigenvalue weighted by molar-refractivity contribution is 9.10. The molecule has 1 N–H and O–H groups in total. The maximum absolute atomic E-state index is 14.2. The zero-order chi connectivity index (χ0) is 14.6. The van der Waals surface area contributed by atoms with Crippen molar-refractivity contribution in [1.29, 1.82) is 0 Å². The van der Waals surface area contributed by atoms with E-state index in [4.69, 9.17) is 9.47 Å². The number of rotatable bonds is 5. The average molecular weight is 346 g/mol. The molecule has 0 aromatic heterocycles. The van der Waals surface area contributed by atoms with Crippen LogP contribution in [0.3, 0.4) is 0 Å². The van der Waals surface area contributed by atoms with E-state index in [1.165, 1.54) is 6.07 Å². The molecule has 0 amide bonds. The molecule has 1 aliphatic heterocycles. The number of nitrogens with one attached hydrogen (secondary N) is 1. The average Bonchev–Trinajstić information content (AvgIpc) is 2.45. The van der Waals surface area contributed by atoms with E-state index in [1.807, 2.05) is 20.0 Å². The quantitative estimate of drug-likeness (QED) is 0.886. The molecule has 0 radical (unpaired) electrons. The Morgan fingerprint density at radius 1 is 1.45 bits per heavy atom. The second-order valence-corrected chi connectivity index (χ2v) is 5.91. The molecular formula is C15H21BrFNO2. The lowest BCUT2D eigenvalue weighted by Gasteiger charge is -2.43. The largest absolute Gasteiger partial charge is 0.381 e. The zero-order valence-electron chi connectivity index (χ0n) is 11.9. The number of benzene rings is 1. The highest BCUT2D eigenvalue weighted by Crippen LogP contribution is 2.39. The molecule has 2 rings (SSSR count). The number of likely N-dealkylation sites (N-methyl/N-ethyl adjacent to an activating group) is 1. The second-order valence-electron chi connectivity index (χ2n) is 5.00. The first-order valence-corrected chi connectivity index (χ1v) is 7.76. The first-order chi connectivity index (χ1) is 9.63.